The number of hydrogen-bond acceptors (Lipinski definition) is 3. The summed E-state index contributed by atoms with van der Waals surface area (Å²) in [6.07, 6.45) is 9.00. The lowest BCUT2D eigenvalue weighted by atomic mass is 9.98. The van der Waals surface area contributed by atoms with Crippen LogP contribution in [0.15, 0.2) is 47.5 Å². The summed E-state index contributed by atoms with van der Waals surface area (Å²) in [6, 6.07) is 12.5. The number of nitrogens with one attached hydrogen (secondary N) is 1. The van der Waals surface area contributed by atoms with E-state index in [0.29, 0.717) is 28.1 Å². The van der Waals surface area contributed by atoms with Crippen LogP contribution in [-0.2, 0) is 4.79 Å². The number of benzodiazepines with no additional fused rings is 1. The highest BCUT2D eigenvalue weighted by Gasteiger charge is 2.24. The Morgan fingerprint density at radius 1 is 1.04 bits per heavy atom. The molecule has 1 unspecified atom stereocenters. The number of nitriles is 1. The van der Waals surface area contributed by atoms with E-state index in [1.165, 1.54) is 44.6 Å². The molecule has 0 bridgehead atoms. The molecule has 4 nitrogen and oxygen atoms in total. The molecule has 0 saturated heterocycles. The Kier molecular flexibility index (Phi) is 6.54. The Morgan fingerprint density at radius 2 is 1.68 bits per heavy atom. The van der Waals surface area contributed by atoms with Crippen LogP contribution in [-0.4, -0.2) is 17.7 Å². The van der Waals surface area contributed by atoms with Crippen molar-refractivity contribution in [3.63, 3.8) is 0 Å². The Labute approximate surface area is 165 Å². The molecule has 144 valence electrons. The van der Waals surface area contributed by atoms with E-state index in [1.807, 2.05) is 6.07 Å². The van der Waals surface area contributed by atoms with Crippen molar-refractivity contribution in [2.24, 2.45) is 4.99 Å². The lowest BCUT2D eigenvalue weighted by Gasteiger charge is -2.11. The maximum absolute atomic E-state index is 14.2. The number of amides is 1. The van der Waals surface area contributed by atoms with Gasteiger partial charge in [-0.05, 0) is 37.3 Å². The van der Waals surface area contributed by atoms with Gasteiger partial charge in [-0.3, -0.25) is 9.79 Å². The van der Waals surface area contributed by atoms with Crippen LogP contribution in [0.5, 0.6) is 0 Å². The summed E-state index contributed by atoms with van der Waals surface area (Å²) >= 11 is 0. The summed E-state index contributed by atoms with van der Waals surface area (Å²) in [4.78, 5) is 16.4. The molecule has 0 spiro atoms. The topological polar surface area (TPSA) is 65.2 Å². The van der Waals surface area contributed by atoms with Crippen molar-refractivity contribution in [2.75, 3.05) is 5.32 Å². The van der Waals surface area contributed by atoms with Gasteiger partial charge in [-0.15, -0.1) is 0 Å². The first-order chi connectivity index (χ1) is 13.6. The fourth-order valence-electron chi connectivity index (χ4n) is 3.41. The molecule has 2 aromatic rings. The third-order valence-electron chi connectivity index (χ3n) is 4.99. The maximum atomic E-state index is 14.2. The minimum atomic E-state index is -0.646. The van der Waals surface area contributed by atoms with E-state index in [2.05, 4.69) is 10.3 Å². The van der Waals surface area contributed by atoms with Crippen molar-refractivity contribution in [3.05, 3.63) is 65.0 Å². The van der Waals surface area contributed by atoms with E-state index in [9.17, 15) is 9.18 Å². The molecular formula is C23H24FN3O. The molecule has 5 heteroatoms. The molecule has 0 aromatic heterocycles. The highest BCUT2D eigenvalue weighted by molar-refractivity contribution is 6.19. The zero-order chi connectivity index (χ0) is 19.9. The van der Waals surface area contributed by atoms with Crippen molar-refractivity contribution in [3.8, 4) is 6.07 Å². The summed E-state index contributed by atoms with van der Waals surface area (Å²) < 4.78 is 14.2. The van der Waals surface area contributed by atoms with Gasteiger partial charge in [-0.25, -0.2) is 4.39 Å². The number of halogens is 1. The first-order valence-electron chi connectivity index (χ1n) is 9.78. The number of carbonyl (C=O) groups excluding carboxylic acids is 1. The summed E-state index contributed by atoms with van der Waals surface area (Å²) in [5.41, 5.74) is 2.17. The van der Waals surface area contributed by atoms with Gasteiger partial charge in [0.15, 0.2) is 0 Å². The second kappa shape index (κ2) is 9.27. The van der Waals surface area contributed by atoms with E-state index in [4.69, 9.17) is 5.26 Å². The van der Waals surface area contributed by atoms with Gasteiger partial charge in [-0.2, -0.15) is 5.26 Å². The number of hydrogen-bond donors (Lipinski definition) is 1. The molecule has 1 saturated carbocycles. The average Bonchev–Trinajstić information content (AvgIpc) is 2.86. The Hall–Kier alpha value is -3.00. The first-order valence-corrected chi connectivity index (χ1v) is 9.78. The van der Waals surface area contributed by atoms with Gasteiger partial charge in [0, 0.05) is 11.1 Å². The molecule has 1 amide bonds. The van der Waals surface area contributed by atoms with Crippen LogP contribution in [0.2, 0.25) is 0 Å². The van der Waals surface area contributed by atoms with Crippen LogP contribution in [0.25, 0.3) is 0 Å². The molecule has 28 heavy (non-hydrogen) atoms. The molecule has 1 aliphatic heterocycles. The molecule has 1 aliphatic carbocycles. The zero-order valence-corrected chi connectivity index (χ0v) is 16.0. The predicted molar refractivity (Wildman–Crippen MR) is 109 cm³/mol. The van der Waals surface area contributed by atoms with Crippen LogP contribution in [0.4, 0.5) is 10.1 Å². The molecule has 1 atom stereocenters. The van der Waals surface area contributed by atoms with Gasteiger partial charge in [0.05, 0.1) is 23.0 Å². The number of rotatable bonds is 1. The van der Waals surface area contributed by atoms with Gasteiger partial charge in [0.1, 0.15) is 11.9 Å². The minimum Gasteiger partial charge on any atom is -0.324 e. The summed E-state index contributed by atoms with van der Waals surface area (Å²) in [6.45, 7) is 1.65. The predicted octanol–water partition coefficient (Wildman–Crippen LogP) is 5.22. The molecule has 1 fully saturated rings. The Morgan fingerprint density at radius 3 is 2.29 bits per heavy atom. The third kappa shape index (κ3) is 4.64. The minimum absolute atomic E-state index is 0.266. The molecule has 1 N–H and O–H groups in total. The van der Waals surface area contributed by atoms with Gasteiger partial charge in [-0.1, -0.05) is 50.7 Å². The van der Waals surface area contributed by atoms with Crippen LogP contribution in [0.1, 0.15) is 62.1 Å². The monoisotopic (exact) mass is 377 g/mol. The van der Waals surface area contributed by atoms with Crippen molar-refractivity contribution in [1.29, 1.82) is 5.26 Å². The van der Waals surface area contributed by atoms with Crippen molar-refractivity contribution in [1.82, 2.24) is 0 Å². The largest absolute Gasteiger partial charge is 0.324 e. The van der Waals surface area contributed by atoms with Gasteiger partial charge in [0.2, 0.25) is 5.91 Å². The van der Waals surface area contributed by atoms with E-state index < -0.39 is 11.9 Å². The fraction of sp³-hybridized carbons (Fsp3) is 0.348. The fourth-order valence-corrected chi connectivity index (χ4v) is 3.41. The van der Waals surface area contributed by atoms with Crippen LogP contribution < -0.4 is 5.32 Å². The van der Waals surface area contributed by atoms with E-state index in [1.54, 1.807) is 43.3 Å². The molecule has 1 heterocycles. The molecule has 4 rings (SSSR count). The highest BCUT2D eigenvalue weighted by atomic mass is 19.1. The summed E-state index contributed by atoms with van der Waals surface area (Å²) in [5.74, 6) is -0.687. The third-order valence-corrected chi connectivity index (χ3v) is 4.99. The van der Waals surface area contributed by atoms with E-state index in [-0.39, 0.29) is 5.91 Å². The second-order valence-electron chi connectivity index (χ2n) is 7.12. The van der Waals surface area contributed by atoms with E-state index in [0.717, 1.165) is 0 Å². The summed E-state index contributed by atoms with van der Waals surface area (Å²) in [7, 11) is 0. The normalized spacial score (nSPS) is 18.4. The van der Waals surface area contributed by atoms with Crippen molar-refractivity contribution < 1.29 is 9.18 Å². The molecule has 0 radical (unpaired) electrons. The maximum Gasteiger partial charge on any atom is 0.248 e. The van der Waals surface area contributed by atoms with Gasteiger partial charge in [0.25, 0.3) is 0 Å². The SMILES string of the molecule is C1CCCCC1.CC1N=C(c2ccccc2F)c2cc(C#N)ccc2NC1=O. The standard InChI is InChI=1S/C17H12FN3O.C6H12/c1-10-17(22)21-15-7-6-11(9-19)8-13(15)16(20-10)12-4-2-3-5-14(12)18;1-2-4-6-5-3-1/h2-8,10H,1H3,(H,21,22);1-6H2. The Balaban J connectivity index is 0.000000320. The second-order valence-corrected chi connectivity index (χ2v) is 7.12. The number of benzene rings is 2. The molecule has 2 aromatic carbocycles. The van der Waals surface area contributed by atoms with Gasteiger partial charge < -0.3 is 5.32 Å². The number of nitrogens with zero attached hydrogens (tertiary/aromatic N) is 2. The van der Waals surface area contributed by atoms with Gasteiger partial charge >= 0.3 is 0 Å². The van der Waals surface area contributed by atoms with Crippen molar-refractivity contribution >= 4 is 17.3 Å². The highest BCUT2D eigenvalue weighted by Crippen LogP contribution is 2.26. The lowest BCUT2D eigenvalue weighted by molar-refractivity contribution is -0.116. The lowest BCUT2D eigenvalue weighted by Crippen LogP contribution is -2.22. The Bertz CT molecular complexity index is 914. The smallest absolute Gasteiger partial charge is 0.248 e. The zero-order valence-electron chi connectivity index (χ0n) is 16.0. The van der Waals surface area contributed by atoms with Crippen LogP contribution >= 0.6 is 0 Å². The quantitative estimate of drug-likeness (QED) is 0.741. The van der Waals surface area contributed by atoms with Crippen molar-refractivity contribution in [2.45, 2.75) is 51.5 Å². The average molecular weight is 377 g/mol. The number of fused-ring (bicyclic) bond motifs is 1. The number of anilines is 1. The number of carbonyl (C=O) groups is 1. The molecule has 2 aliphatic rings. The van der Waals surface area contributed by atoms with Crippen LogP contribution in [0.3, 0.4) is 0 Å². The van der Waals surface area contributed by atoms with Crippen LogP contribution in [0, 0.1) is 17.1 Å². The molecular weight excluding hydrogens is 353 g/mol. The first kappa shape index (κ1) is 19.8. The van der Waals surface area contributed by atoms with E-state index >= 15 is 0 Å². The summed E-state index contributed by atoms with van der Waals surface area (Å²) in [5, 5.41) is 11.8. The number of aliphatic imine (C=N–C) groups is 1.